The molecule has 0 saturated carbocycles. The Hall–Kier alpha value is -3.50. The van der Waals surface area contributed by atoms with E-state index in [1.807, 2.05) is 52.1 Å². The Balaban J connectivity index is 1.81. The number of carbonyl (C=O) groups is 1. The van der Waals surface area contributed by atoms with Crippen LogP contribution in [0.4, 0.5) is 5.82 Å². The van der Waals surface area contributed by atoms with Crippen molar-refractivity contribution in [1.82, 2.24) is 20.4 Å². The number of aliphatic hydroxyl groups is 2. The number of anilines is 1. The molecule has 36 heavy (non-hydrogen) atoms. The highest BCUT2D eigenvalue weighted by molar-refractivity contribution is 5.76. The number of aliphatic hydroxyl groups excluding tert-OH is 2. The fourth-order valence-electron chi connectivity index (χ4n) is 3.65. The van der Waals surface area contributed by atoms with Gasteiger partial charge in [-0.05, 0) is 69.5 Å². The molecule has 0 fully saturated rings. The maximum Gasteiger partial charge on any atom is 0.258 e. The zero-order valence-electron chi connectivity index (χ0n) is 21.7. The first-order chi connectivity index (χ1) is 17.1. The summed E-state index contributed by atoms with van der Waals surface area (Å²) >= 11 is 0. The second-order valence-electron chi connectivity index (χ2n) is 9.05. The third kappa shape index (κ3) is 6.58. The highest BCUT2D eigenvalue weighted by Gasteiger charge is 2.18. The number of carbonyl (C=O) groups excluding carboxylic acids is 1. The van der Waals surface area contributed by atoms with E-state index in [1.54, 1.807) is 0 Å². The van der Waals surface area contributed by atoms with Gasteiger partial charge in [0.25, 0.3) is 5.89 Å². The van der Waals surface area contributed by atoms with Gasteiger partial charge in [-0.15, -0.1) is 0 Å². The minimum Gasteiger partial charge on any atom is -0.490 e. The van der Waals surface area contributed by atoms with E-state index < -0.39 is 18.6 Å². The van der Waals surface area contributed by atoms with E-state index in [0.29, 0.717) is 29.9 Å². The molecule has 10 heteroatoms. The lowest BCUT2D eigenvalue weighted by atomic mass is 10.0. The number of rotatable bonds is 11. The van der Waals surface area contributed by atoms with Crippen LogP contribution in [0.1, 0.15) is 37.6 Å². The highest BCUT2D eigenvalue weighted by atomic mass is 16.5. The van der Waals surface area contributed by atoms with Crippen LogP contribution in [0.15, 0.2) is 28.8 Å². The van der Waals surface area contributed by atoms with Crippen LogP contribution in [0, 0.1) is 13.8 Å². The molecule has 1 atom stereocenters. The Morgan fingerprint density at radius 2 is 1.92 bits per heavy atom. The lowest BCUT2D eigenvalue weighted by Crippen LogP contribution is -2.36. The summed E-state index contributed by atoms with van der Waals surface area (Å²) < 4.78 is 11.5. The van der Waals surface area contributed by atoms with Crippen molar-refractivity contribution in [1.29, 1.82) is 0 Å². The molecule has 2 aromatic heterocycles. The van der Waals surface area contributed by atoms with Crippen molar-refractivity contribution in [2.45, 2.75) is 53.2 Å². The lowest BCUT2D eigenvalue weighted by Gasteiger charge is -2.23. The van der Waals surface area contributed by atoms with E-state index in [9.17, 15) is 9.90 Å². The van der Waals surface area contributed by atoms with E-state index in [0.717, 1.165) is 33.8 Å². The largest absolute Gasteiger partial charge is 0.490 e. The minimum absolute atomic E-state index is 0.000194. The SMILES string of the molecule is CCc1cc(-c2noc(-c3cc(C)nc(N(C)C(C)C)c3)n2)cc(C)c1OCC(O)CNC(=O)CO. The van der Waals surface area contributed by atoms with Gasteiger partial charge in [0.2, 0.25) is 11.7 Å². The van der Waals surface area contributed by atoms with E-state index in [-0.39, 0.29) is 13.2 Å². The van der Waals surface area contributed by atoms with Gasteiger partial charge in [-0.25, -0.2) is 4.98 Å². The molecule has 1 unspecified atom stereocenters. The molecular formula is C26H35N5O5. The molecule has 0 aliphatic rings. The molecule has 1 amide bonds. The average Bonchev–Trinajstić information content (AvgIpc) is 3.35. The zero-order chi connectivity index (χ0) is 26.4. The molecule has 3 rings (SSSR count). The van der Waals surface area contributed by atoms with Crippen molar-refractivity contribution in [3.63, 3.8) is 0 Å². The number of hydrogen-bond acceptors (Lipinski definition) is 9. The second-order valence-corrected chi connectivity index (χ2v) is 9.05. The molecule has 3 N–H and O–H groups in total. The predicted octanol–water partition coefficient (Wildman–Crippen LogP) is 2.67. The van der Waals surface area contributed by atoms with Gasteiger partial charge in [0.1, 0.15) is 30.9 Å². The van der Waals surface area contributed by atoms with Gasteiger partial charge < -0.3 is 29.7 Å². The van der Waals surface area contributed by atoms with Crippen molar-refractivity contribution < 1.29 is 24.3 Å². The van der Waals surface area contributed by atoms with Crippen LogP contribution in [0.2, 0.25) is 0 Å². The van der Waals surface area contributed by atoms with Crippen molar-refractivity contribution in [2.24, 2.45) is 0 Å². The molecule has 0 bridgehead atoms. The van der Waals surface area contributed by atoms with E-state index in [2.05, 4.69) is 39.2 Å². The van der Waals surface area contributed by atoms with Gasteiger partial charge in [-0.3, -0.25) is 4.79 Å². The van der Waals surface area contributed by atoms with Crippen LogP contribution in [-0.2, 0) is 11.2 Å². The standard InChI is InChI=1S/C26H35N5O5/c1-7-18-10-19(8-16(4)24(18)35-14-21(33)12-27-23(34)13-32)25-29-26(36-30-25)20-9-17(5)28-22(11-20)31(6)15(2)3/h8-11,15,21,32-33H,7,12-14H2,1-6H3,(H,27,34). The molecule has 3 aromatic rings. The van der Waals surface area contributed by atoms with Crippen LogP contribution in [0.5, 0.6) is 5.75 Å². The maximum absolute atomic E-state index is 11.2. The second kappa shape index (κ2) is 12.0. The van der Waals surface area contributed by atoms with Gasteiger partial charge in [0.15, 0.2) is 0 Å². The fraction of sp³-hybridized carbons (Fsp3) is 0.462. The molecule has 194 valence electrons. The summed E-state index contributed by atoms with van der Waals surface area (Å²) in [6, 6.07) is 8.02. The summed E-state index contributed by atoms with van der Waals surface area (Å²) in [5.41, 5.74) is 4.26. The number of aryl methyl sites for hydroxylation is 3. The Kier molecular flexibility index (Phi) is 9.00. The number of nitrogens with zero attached hydrogens (tertiary/aromatic N) is 4. The summed E-state index contributed by atoms with van der Waals surface area (Å²) in [5.74, 6) is 1.84. The molecule has 1 aromatic carbocycles. The smallest absolute Gasteiger partial charge is 0.258 e. The summed E-state index contributed by atoms with van der Waals surface area (Å²) in [6.45, 7) is 9.44. The van der Waals surface area contributed by atoms with Crippen LogP contribution < -0.4 is 15.0 Å². The van der Waals surface area contributed by atoms with E-state index in [1.165, 1.54) is 0 Å². The summed E-state index contributed by atoms with van der Waals surface area (Å²) in [6.07, 6.45) is -0.215. The van der Waals surface area contributed by atoms with Crippen LogP contribution in [-0.4, -0.2) is 70.2 Å². The Labute approximate surface area is 211 Å². The van der Waals surface area contributed by atoms with Gasteiger partial charge in [-0.2, -0.15) is 4.98 Å². The lowest BCUT2D eigenvalue weighted by molar-refractivity contribution is -0.124. The molecule has 0 aliphatic carbocycles. The van der Waals surface area contributed by atoms with Crippen LogP contribution in [0.3, 0.4) is 0 Å². The number of aromatic nitrogens is 3. The molecule has 0 saturated heterocycles. The zero-order valence-corrected chi connectivity index (χ0v) is 21.7. The highest BCUT2D eigenvalue weighted by Crippen LogP contribution is 2.32. The quantitative estimate of drug-likeness (QED) is 0.365. The summed E-state index contributed by atoms with van der Waals surface area (Å²) in [5, 5.41) is 25.5. The molecule has 0 spiro atoms. The Morgan fingerprint density at radius 1 is 1.17 bits per heavy atom. The number of amides is 1. The first kappa shape index (κ1) is 27.1. The van der Waals surface area contributed by atoms with Crippen LogP contribution in [0.25, 0.3) is 22.8 Å². The third-order valence-corrected chi connectivity index (χ3v) is 5.84. The number of nitrogens with one attached hydrogen (secondary N) is 1. The normalized spacial score (nSPS) is 12.0. The first-order valence-electron chi connectivity index (χ1n) is 12.0. The number of pyridine rings is 1. The van der Waals surface area contributed by atoms with Crippen molar-refractivity contribution >= 4 is 11.7 Å². The molecule has 2 heterocycles. The maximum atomic E-state index is 11.2. The molecule has 0 radical (unpaired) electrons. The number of hydrogen-bond donors (Lipinski definition) is 3. The number of benzene rings is 1. The fourth-order valence-corrected chi connectivity index (χ4v) is 3.65. The molecule has 10 nitrogen and oxygen atoms in total. The van der Waals surface area contributed by atoms with Crippen molar-refractivity contribution in [3.05, 3.63) is 41.1 Å². The monoisotopic (exact) mass is 497 g/mol. The predicted molar refractivity (Wildman–Crippen MR) is 137 cm³/mol. The molecular weight excluding hydrogens is 462 g/mol. The Morgan fingerprint density at radius 3 is 2.58 bits per heavy atom. The van der Waals surface area contributed by atoms with Gasteiger partial charge in [0.05, 0.1) is 0 Å². The van der Waals surface area contributed by atoms with E-state index in [4.69, 9.17) is 14.4 Å². The summed E-state index contributed by atoms with van der Waals surface area (Å²) in [7, 11) is 2.00. The third-order valence-electron chi connectivity index (χ3n) is 5.84. The van der Waals surface area contributed by atoms with Gasteiger partial charge in [0, 0.05) is 36.5 Å². The number of ether oxygens (including phenoxy) is 1. The average molecular weight is 498 g/mol. The first-order valence-corrected chi connectivity index (χ1v) is 12.0. The minimum atomic E-state index is -0.910. The topological polar surface area (TPSA) is 134 Å². The van der Waals surface area contributed by atoms with Crippen molar-refractivity contribution in [2.75, 3.05) is 31.7 Å². The van der Waals surface area contributed by atoms with Crippen LogP contribution >= 0.6 is 0 Å². The summed E-state index contributed by atoms with van der Waals surface area (Å²) in [4.78, 5) is 22.5. The van der Waals surface area contributed by atoms with Gasteiger partial charge in [-0.1, -0.05) is 12.1 Å². The van der Waals surface area contributed by atoms with Gasteiger partial charge >= 0.3 is 0 Å². The Bertz CT molecular complexity index is 1190. The van der Waals surface area contributed by atoms with E-state index >= 15 is 0 Å². The molecule has 0 aliphatic heterocycles. The van der Waals surface area contributed by atoms with Crippen molar-refractivity contribution in [3.8, 4) is 28.6 Å².